The van der Waals surface area contributed by atoms with E-state index in [9.17, 15) is 0 Å². The summed E-state index contributed by atoms with van der Waals surface area (Å²) in [5, 5.41) is 8.46. The number of hydrogen-bond donors (Lipinski definition) is 0. The van der Waals surface area contributed by atoms with E-state index in [0.717, 1.165) is 0 Å². The molecule has 0 heterocycles. The van der Waals surface area contributed by atoms with Crippen molar-refractivity contribution in [2.24, 2.45) is 0 Å². The summed E-state index contributed by atoms with van der Waals surface area (Å²) < 4.78 is 0. The Bertz CT molecular complexity index is 1470. The van der Waals surface area contributed by atoms with Crippen LogP contribution in [0.15, 0.2) is 146 Å². The molecule has 6 rings (SSSR count). The SMILES string of the molecule is Cc1ccc(P(c2ccc(C)cc2)c2ccc(C)cc2)cc1.Cc1ccc(P(c2ccc(C)cc2)c2ccc(C)cc2)cc1.[C]=O.[C]=O.[C]=O.[Fe]. The van der Waals surface area contributed by atoms with Crippen LogP contribution in [0.4, 0.5) is 0 Å². The number of aryl methyl sites for hydroxylation is 6. The van der Waals surface area contributed by atoms with Crippen molar-refractivity contribution in [3.63, 3.8) is 0 Å². The molecule has 0 aliphatic heterocycles. The van der Waals surface area contributed by atoms with Gasteiger partial charge in [0.05, 0.1) is 0 Å². The van der Waals surface area contributed by atoms with Gasteiger partial charge in [-0.1, -0.05) is 179 Å². The fourth-order valence-corrected chi connectivity index (χ4v) is 9.53. The molecule has 0 aliphatic rings. The van der Waals surface area contributed by atoms with Gasteiger partial charge in [0, 0.05) is 17.1 Å². The molecule has 0 amide bonds. The average Bonchev–Trinajstić information content (AvgIpc) is 3.16. The zero-order chi connectivity index (χ0) is 37.1. The Labute approximate surface area is 318 Å². The Balaban J connectivity index is 0.000000438. The second-order valence-electron chi connectivity index (χ2n) is 11.7. The van der Waals surface area contributed by atoms with E-state index in [4.69, 9.17) is 14.4 Å². The van der Waals surface area contributed by atoms with Crippen LogP contribution in [0, 0.1) is 41.5 Å². The maximum atomic E-state index is 7.50. The van der Waals surface area contributed by atoms with Crippen molar-refractivity contribution >= 4 is 68.0 Å². The van der Waals surface area contributed by atoms with Gasteiger partial charge in [0.25, 0.3) is 20.4 Å². The van der Waals surface area contributed by atoms with Crippen LogP contribution in [0.2, 0.25) is 0 Å². The fourth-order valence-electron chi connectivity index (χ4n) is 5.06. The molecular formula is C45H42FeO3P2. The fraction of sp³-hybridized carbons (Fsp3) is 0.133. The minimum absolute atomic E-state index is 0. The molecule has 6 heteroatoms. The predicted molar refractivity (Wildman–Crippen MR) is 216 cm³/mol. The van der Waals surface area contributed by atoms with Gasteiger partial charge in [-0.15, -0.1) is 0 Å². The Hall–Kier alpha value is -4.29. The van der Waals surface area contributed by atoms with Gasteiger partial charge in [-0.25, -0.2) is 0 Å². The quantitative estimate of drug-likeness (QED) is 0.131. The zero-order valence-electron chi connectivity index (χ0n) is 29.8. The minimum Gasteiger partial charge on any atom is -0.281 e. The second-order valence-corrected chi connectivity index (χ2v) is 16.1. The van der Waals surface area contributed by atoms with Crippen molar-refractivity contribution in [1.29, 1.82) is 0 Å². The molecule has 0 atom stereocenters. The summed E-state index contributed by atoms with van der Waals surface area (Å²) in [6.07, 6.45) is 0. The first-order valence-electron chi connectivity index (χ1n) is 15.9. The van der Waals surface area contributed by atoms with Gasteiger partial charge in [0.1, 0.15) is 0 Å². The van der Waals surface area contributed by atoms with E-state index in [1.807, 2.05) is 0 Å². The normalized spacial score (nSPS) is 9.65. The summed E-state index contributed by atoms with van der Waals surface area (Å²) >= 11 is 0. The largest absolute Gasteiger partial charge is 0.281 e. The number of benzene rings is 6. The standard InChI is InChI=1S/2C21H21P.3CO.Fe/c2*1-16-4-10-19(11-5-16)22(20-12-6-17(2)7-13-20)21-14-8-18(3)9-15-21;3*1-2;/h2*4-15H,1-3H3;;;;. The van der Waals surface area contributed by atoms with Gasteiger partial charge < -0.3 is 0 Å². The number of carbonyl (C=O) groups excluding carboxylic acids is 3. The molecule has 6 radical (unpaired) electrons. The van der Waals surface area contributed by atoms with Crippen LogP contribution in [0.1, 0.15) is 33.4 Å². The second kappa shape index (κ2) is 24.0. The van der Waals surface area contributed by atoms with Crippen LogP contribution in [-0.4, -0.2) is 20.4 Å². The van der Waals surface area contributed by atoms with Crippen LogP contribution in [0.3, 0.4) is 0 Å². The zero-order valence-corrected chi connectivity index (χ0v) is 32.7. The predicted octanol–water partition coefficient (Wildman–Crippen LogP) is 7.55. The van der Waals surface area contributed by atoms with Crippen LogP contribution in [-0.2, 0) is 31.5 Å². The molecule has 0 saturated carbocycles. The Morgan fingerprint density at radius 2 is 0.353 bits per heavy atom. The summed E-state index contributed by atoms with van der Waals surface area (Å²) in [6, 6.07) is 53.9. The van der Waals surface area contributed by atoms with Crippen molar-refractivity contribution in [2.75, 3.05) is 0 Å². The van der Waals surface area contributed by atoms with Crippen molar-refractivity contribution in [3.05, 3.63) is 179 Å². The monoisotopic (exact) mass is 748 g/mol. The summed E-state index contributed by atoms with van der Waals surface area (Å²) in [6.45, 7) is 26.4. The molecule has 6 aromatic carbocycles. The van der Waals surface area contributed by atoms with E-state index in [1.54, 1.807) is 0 Å². The molecular weight excluding hydrogens is 706 g/mol. The summed E-state index contributed by atoms with van der Waals surface area (Å²) in [7, 11) is -0.966. The van der Waals surface area contributed by atoms with Gasteiger partial charge >= 0.3 is 0 Å². The molecule has 0 unspecified atom stereocenters. The van der Waals surface area contributed by atoms with Crippen LogP contribution in [0.5, 0.6) is 0 Å². The maximum absolute atomic E-state index is 7.50. The summed E-state index contributed by atoms with van der Waals surface area (Å²) in [4.78, 5) is 22.5. The molecule has 258 valence electrons. The minimum atomic E-state index is -0.483. The van der Waals surface area contributed by atoms with Crippen molar-refractivity contribution in [1.82, 2.24) is 0 Å². The molecule has 0 aliphatic carbocycles. The van der Waals surface area contributed by atoms with E-state index in [0.29, 0.717) is 0 Å². The third-order valence-corrected chi connectivity index (χ3v) is 12.6. The molecule has 0 N–H and O–H groups in total. The molecule has 0 saturated heterocycles. The Morgan fingerprint density at radius 1 is 0.255 bits per heavy atom. The number of rotatable bonds is 6. The van der Waals surface area contributed by atoms with Crippen LogP contribution >= 0.6 is 15.8 Å². The topological polar surface area (TPSA) is 51.2 Å². The maximum Gasteiger partial charge on any atom is 0.281 e. The van der Waals surface area contributed by atoms with E-state index < -0.39 is 15.8 Å². The first-order valence-corrected chi connectivity index (χ1v) is 18.6. The molecule has 51 heavy (non-hydrogen) atoms. The van der Waals surface area contributed by atoms with Crippen molar-refractivity contribution in [3.8, 4) is 0 Å². The Kier molecular flexibility index (Phi) is 21.0. The molecule has 0 bridgehead atoms. The average molecular weight is 749 g/mol. The summed E-state index contributed by atoms with van der Waals surface area (Å²) in [5.41, 5.74) is 7.87. The van der Waals surface area contributed by atoms with E-state index in [1.165, 1.54) is 65.2 Å². The first-order chi connectivity index (χ1) is 24.3. The van der Waals surface area contributed by atoms with Gasteiger partial charge in [-0.2, -0.15) is 0 Å². The Morgan fingerprint density at radius 3 is 0.451 bits per heavy atom. The molecule has 0 aromatic heterocycles. The van der Waals surface area contributed by atoms with Crippen LogP contribution < -0.4 is 31.8 Å². The van der Waals surface area contributed by atoms with Gasteiger partial charge in [0.2, 0.25) is 0 Å². The van der Waals surface area contributed by atoms with Crippen molar-refractivity contribution < 1.29 is 31.5 Å². The van der Waals surface area contributed by atoms with Crippen molar-refractivity contribution in [2.45, 2.75) is 41.5 Å². The molecule has 0 fully saturated rings. The summed E-state index contributed by atoms with van der Waals surface area (Å²) in [5.74, 6) is 0. The first kappa shape index (κ1) is 44.7. The molecule has 3 nitrogen and oxygen atoms in total. The van der Waals surface area contributed by atoms with Gasteiger partial charge in [0.15, 0.2) is 0 Å². The molecule has 6 aromatic rings. The van der Waals surface area contributed by atoms with Crippen LogP contribution in [0.25, 0.3) is 0 Å². The third kappa shape index (κ3) is 13.7. The number of hydrogen-bond acceptors (Lipinski definition) is 3. The third-order valence-electron chi connectivity index (χ3n) is 7.75. The molecule has 0 spiro atoms. The van der Waals surface area contributed by atoms with E-state index in [2.05, 4.69) is 208 Å². The van der Waals surface area contributed by atoms with E-state index >= 15 is 0 Å². The van der Waals surface area contributed by atoms with Gasteiger partial charge in [-0.05, 0) is 89.2 Å². The smallest absolute Gasteiger partial charge is 0.281 e. The van der Waals surface area contributed by atoms with E-state index in [-0.39, 0.29) is 17.1 Å². The van der Waals surface area contributed by atoms with Gasteiger partial charge in [-0.3, -0.25) is 14.4 Å².